The molecule has 0 aliphatic carbocycles. The van der Waals surface area contributed by atoms with Crippen LogP contribution >= 0.6 is 11.8 Å². The number of carbonyl (C=O) groups excluding carboxylic acids is 1. The number of hydrogen-bond donors (Lipinski definition) is 3. The van der Waals surface area contributed by atoms with Crippen molar-refractivity contribution in [1.82, 2.24) is 0 Å². The normalized spacial score (nSPS) is 19.2. The number of hydrogen-bond acceptors (Lipinski definition) is 5. The third-order valence-corrected chi connectivity index (χ3v) is 5.28. The van der Waals surface area contributed by atoms with Gasteiger partial charge in [-0.3, -0.25) is 4.79 Å². The average Bonchev–Trinajstić information content (AvgIpc) is 2.65. The first kappa shape index (κ1) is 20.1. The van der Waals surface area contributed by atoms with Crippen LogP contribution in [0.4, 0.5) is 18.9 Å². The highest BCUT2D eigenvalue weighted by atomic mass is 32.2. The minimum Gasteiger partial charge on any atom is -0.508 e. The second-order valence-corrected chi connectivity index (χ2v) is 7.52. The van der Waals surface area contributed by atoms with E-state index in [-0.39, 0.29) is 28.6 Å². The van der Waals surface area contributed by atoms with Gasteiger partial charge < -0.3 is 16.2 Å². The minimum atomic E-state index is -1.21. The van der Waals surface area contributed by atoms with Crippen molar-refractivity contribution in [2.45, 2.75) is 18.4 Å². The molecule has 148 valence electrons. The summed E-state index contributed by atoms with van der Waals surface area (Å²) in [7, 11) is 0. The van der Waals surface area contributed by atoms with Crippen LogP contribution in [0.1, 0.15) is 17.5 Å². The number of amidine groups is 1. The molecule has 1 unspecified atom stereocenters. The molecule has 2 aromatic rings. The molecule has 5 nitrogen and oxygen atoms in total. The highest BCUT2D eigenvalue weighted by molar-refractivity contribution is 8.13. The minimum absolute atomic E-state index is 0.135. The van der Waals surface area contributed by atoms with Crippen LogP contribution < -0.4 is 11.1 Å². The van der Waals surface area contributed by atoms with Gasteiger partial charge in [0.2, 0.25) is 5.91 Å². The molecule has 1 amide bonds. The maximum absolute atomic E-state index is 14.2. The zero-order valence-corrected chi connectivity index (χ0v) is 15.5. The van der Waals surface area contributed by atoms with E-state index in [9.17, 15) is 23.1 Å². The highest BCUT2D eigenvalue weighted by Gasteiger charge is 2.35. The van der Waals surface area contributed by atoms with Crippen molar-refractivity contribution in [2.24, 2.45) is 10.7 Å². The lowest BCUT2D eigenvalue weighted by atomic mass is 9.88. The van der Waals surface area contributed by atoms with Crippen LogP contribution in [0.25, 0.3) is 0 Å². The van der Waals surface area contributed by atoms with Crippen LogP contribution in [-0.2, 0) is 16.8 Å². The van der Waals surface area contributed by atoms with Crippen LogP contribution in [0.5, 0.6) is 5.75 Å². The van der Waals surface area contributed by atoms with E-state index in [4.69, 9.17) is 5.73 Å². The average molecular weight is 409 g/mol. The van der Waals surface area contributed by atoms with Crippen molar-refractivity contribution in [3.63, 3.8) is 0 Å². The standard InChI is InChI=1S/C19H18F3N3O2S/c20-10-19(5-6-28-18(23)25-19)12-2-4-14(22)15(8-12)24-17(27)7-11-1-3-13(21)9-16(11)26/h1-4,8-9,26H,5-7,10H2,(H2,23,25)(H,24,27). The number of thioether (sulfide) groups is 1. The number of halogens is 3. The van der Waals surface area contributed by atoms with Crippen LogP contribution in [-0.4, -0.2) is 28.6 Å². The largest absolute Gasteiger partial charge is 0.508 e. The van der Waals surface area contributed by atoms with E-state index in [1.54, 1.807) is 0 Å². The van der Waals surface area contributed by atoms with Crippen LogP contribution in [0.3, 0.4) is 0 Å². The molecule has 9 heteroatoms. The Morgan fingerprint density at radius 3 is 2.75 bits per heavy atom. The second kappa shape index (κ2) is 8.14. The van der Waals surface area contributed by atoms with E-state index in [1.807, 2.05) is 0 Å². The molecule has 0 fully saturated rings. The van der Waals surface area contributed by atoms with Gasteiger partial charge in [0.15, 0.2) is 5.17 Å². The van der Waals surface area contributed by atoms with E-state index >= 15 is 0 Å². The highest BCUT2D eigenvalue weighted by Crippen LogP contribution is 2.37. The number of anilines is 1. The molecule has 0 saturated heterocycles. The molecule has 0 radical (unpaired) electrons. The summed E-state index contributed by atoms with van der Waals surface area (Å²) in [6.07, 6.45) is 0.100. The second-order valence-electron chi connectivity index (χ2n) is 6.41. The number of nitrogens with one attached hydrogen (secondary N) is 1. The lowest BCUT2D eigenvalue weighted by Crippen LogP contribution is -2.34. The van der Waals surface area contributed by atoms with Crippen molar-refractivity contribution in [1.29, 1.82) is 0 Å². The molecule has 1 aliphatic heterocycles. The lowest BCUT2D eigenvalue weighted by molar-refractivity contribution is -0.115. The number of phenolic OH excluding ortho intramolecular Hbond substituents is 1. The van der Waals surface area contributed by atoms with Gasteiger partial charge in [-0.25, -0.2) is 18.2 Å². The third kappa shape index (κ3) is 4.24. The smallest absolute Gasteiger partial charge is 0.229 e. The number of alkyl halides is 1. The first-order chi connectivity index (χ1) is 13.3. The molecule has 1 atom stereocenters. The number of rotatable bonds is 5. The lowest BCUT2D eigenvalue weighted by Gasteiger charge is -2.31. The third-order valence-electron chi connectivity index (χ3n) is 4.49. The zero-order chi connectivity index (χ0) is 20.3. The Morgan fingerprint density at radius 2 is 2.07 bits per heavy atom. The monoisotopic (exact) mass is 409 g/mol. The fourth-order valence-electron chi connectivity index (χ4n) is 2.97. The van der Waals surface area contributed by atoms with Crippen LogP contribution in [0.2, 0.25) is 0 Å². The summed E-state index contributed by atoms with van der Waals surface area (Å²) >= 11 is 1.32. The molecule has 1 aliphatic rings. The predicted molar refractivity (Wildman–Crippen MR) is 103 cm³/mol. The molecular formula is C19H18F3N3O2S. The molecule has 0 saturated carbocycles. The van der Waals surface area contributed by atoms with E-state index in [2.05, 4.69) is 10.3 Å². The van der Waals surface area contributed by atoms with E-state index in [0.29, 0.717) is 17.7 Å². The first-order valence-corrected chi connectivity index (χ1v) is 9.43. The predicted octanol–water partition coefficient (Wildman–Crippen LogP) is 3.47. The van der Waals surface area contributed by atoms with E-state index < -0.39 is 29.8 Å². The first-order valence-electron chi connectivity index (χ1n) is 8.44. The summed E-state index contributed by atoms with van der Waals surface area (Å²) in [6, 6.07) is 7.15. The quantitative estimate of drug-likeness (QED) is 0.706. The Balaban J connectivity index is 1.83. The van der Waals surface area contributed by atoms with Crippen molar-refractivity contribution >= 4 is 28.5 Å². The van der Waals surface area contributed by atoms with Gasteiger partial charge in [0, 0.05) is 17.4 Å². The van der Waals surface area contributed by atoms with E-state index in [1.165, 1.54) is 30.0 Å². The van der Waals surface area contributed by atoms with Gasteiger partial charge in [-0.1, -0.05) is 23.9 Å². The molecule has 4 N–H and O–H groups in total. The van der Waals surface area contributed by atoms with Gasteiger partial charge in [0.25, 0.3) is 0 Å². The summed E-state index contributed by atoms with van der Waals surface area (Å²) in [5.41, 5.74) is 4.98. The molecule has 28 heavy (non-hydrogen) atoms. The number of aromatic hydroxyl groups is 1. The maximum Gasteiger partial charge on any atom is 0.229 e. The summed E-state index contributed by atoms with van der Waals surface area (Å²) in [6.45, 7) is -0.809. The molecule has 0 spiro atoms. The summed E-state index contributed by atoms with van der Waals surface area (Å²) in [4.78, 5) is 16.5. The van der Waals surface area contributed by atoms with Gasteiger partial charge in [-0.15, -0.1) is 0 Å². The summed E-state index contributed by atoms with van der Waals surface area (Å²) in [5, 5.41) is 12.4. The Labute approximate surface area is 163 Å². The van der Waals surface area contributed by atoms with Gasteiger partial charge >= 0.3 is 0 Å². The fraction of sp³-hybridized carbons (Fsp3) is 0.263. The van der Waals surface area contributed by atoms with Crippen molar-refractivity contribution in [2.75, 3.05) is 17.7 Å². The molecular weight excluding hydrogens is 391 g/mol. The Hall–Kier alpha value is -2.68. The topological polar surface area (TPSA) is 87.7 Å². The molecule has 0 bridgehead atoms. The summed E-state index contributed by atoms with van der Waals surface area (Å²) in [5.74, 6) is -1.75. The van der Waals surface area contributed by atoms with Gasteiger partial charge in [-0.05, 0) is 30.2 Å². The Morgan fingerprint density at radius 1 is 1.29 bits per heavy atom. The number of phenols is 1. The molecule has 2 aromatic carbocycles. The number of nitrogens with two attached hydrogens (primary N) is 1. The van der Waals surface area contributed by atoms with E-state index in [0.717, 1.165) is 18.2 Å². The fourth-order valence-corrected chi connectivity index (χ4v) is 3.86. The Bertz CT molecular complexity index is 939. The molecule has 1 heterocycles. The van der Waals surface area contributed by atoms with Gasteiger partial charge in [0.05, 0.1) is 12.1 Å². The zero-order valence-electron chi connectivity index (χ0n) is 14.7. The van der Waals surface area contributed by atoms with Crippen LogP contribution in [0.15, 0.2) is 41.4 Å². The number of nitrogens with zero attached hydrogens (tertiary/aromatic N) is 1. The van der Waals surface area contributed by atoms with Crippen molar-refractivity contribution < 1.29 is 23.1 Å². The molecule has 3 rings (SSSR count). The number of carbonyl (C=O) groups is 1. The van der Waals surface area contributed by atoms with Gasteiger partial charge in [-0.2, -0.15) is 0 Å². The Kier molecular flexibility index (Phi) is 5.83. The molecule has 0 aromatic heterocycles. The van der Waals surface area contributed by atoms with Gasteiger partial charge in [0.1, 0.15) is 29.6 Å². The number of aliphatic imine (C=N–C) groups is 1. The van der Waals surface area contributed by atoms with Crippen molar-refractivity contribution in [3.8, 4) is 5.75 Å². The number of amides is 1. The number of benzene rings is 2. The van der Waals surface area contributed by atoms with Crippen LogP contribution in [0, 0.1) is 11.6 Å². The summed E-state index contributed by atoms with van der Waals surface area (Å²) < 4.78 is 41.1. The SMILES string of the molecule is NC1=NC(CF)(c2ccc(F)c(NC(=O)Cc3ccc(F)cc3O)c2)CCS1. The maximum atomic E-state index is 14.2. The van der Waals surface area contributed by atoms with Crippen molar-refractivity contribution in [3.05, 3.63) is 59.2 Å².